The zero-order valence-electron chi connectivity index (χ0n) is 14.3. The molecule has 0 fully saturated rings. The molecule has 7 heteroatoms. The van der Waals surface area contributed by atoms with Gasteiger partial charge in [-0.05, 0) is 24.3 Å². The van der Waals surface area contributed by atoms with Crippen molar-refractivity contribution in [1.29, 1.82) is 0 Å². The fraction of sp³-hybridized carbons (Fsp3) is 0.158. The number of fused-ring (bicyclic) bond motifs is 1. The number of para-hydroxylation sites is 1. The Morgan fingerprint density at radius 2 is 2.00 bits per heavy atom. The van der Waals surface area contributed by atoms with Crippen LogP contribution in [0.2, 0.25) is 0 Å². The summed E-state index contributed by atoms with van der Waals surface area (Å²) in [5, 5.41) is 5.48. The minimum atomic E-state index is 0.677. The van der Waals surface area contributed by atoms with Gasteiger partial charge in [0, 0.05) is 55.1 Å². The topological polar surface area (TPSA) is 68.5 Å². The van der Waals surface area contributed by atoms with Gasteiger partial charge in [-0.25, -0.2) is 15.0 Å². The maximum absolute atomic E-state index is 4.73. The molecular weight excluding hydrogens is 344 g/mol. The fourth-order valence-electron chi connectivity index (χ4n) is 2.64. The molecule has 0 aliphatic carbocycles. The summed E-state index contributed by atoms with van der Waals surface area (Å²) >= 11 is 1.71. The number of aromatic nitrogens is 5. The molecule has 130 valence electrons. The Labute approximate surface area is 155 Å². The van der Waals surface area contributed by atoms with Crippen LogP contribution < -0.4 is 5.32 Å². The van der Waals surface area contributed by atoms with Crippen molar-refractivity contribution in [3.63, 3.8) is 0 Å². The summed E-state index contributed by atoms with van der Waals surface area (Å²) in [6.45, 7) is 0.783. The summed E-state index contributed by atoms with van der Waals surface area (Å²) in [7, 11) is 2.00. The van der Waals surface area contributed by atoms with Crippen molar-refractivity contribution in [3.8, 4) is 11.4 Å². The molecule has 6 nitrogen and oxygen atoms in total. The predicted octanol–water partition coefficient (Wildman–Crippen LogP) is 3.63. The molecule has 4 aromatic rings. The first-order valence-electron chi connectivity index (χ1n) is 8.32. The molecule has 0 saturated carbocycles. The Balaban J connectivity index is 1.56. The van der Waals surface area contributed by atoms with Gasteiger partial charge in [-0.15, -0.1) is 0 Å². The molecule has 0 aliphatic rings. The molecule has 0 aliphatic heterocycles. The van der Waals surface area contributed by atoms with Crippen LogP contribution in [0.3, 0.4) is 0 Å². The monoisotopic (exact) mass is 362 g/mol. The molecule has 0 unspecified atom stereocenters. The van der Waals surface area contributed by atoms with Gasteiger partial charge >= 0.3 is 0 Å². The van der Waals surface area contributed by atoms with Crippen LogP contribution in [0.4, 0.5) is 5.82 Å². The van der Waals surface area contributed by atoms with E-state index in [1.165, 1.54) is 0 Å². The van der Waals surface area contributed by atoms with Crippen molar-refractivity contribution >= 4 is 28.5 Å². The molecule has 0 saturated heterocycles. The van der Waals surface area contributed by atoms with Gasteiger partial charge in [0.15, 0.2) is 11.0 Å². The molecule has 0 spiro atoms. The van der Waals surface area contributed by atoms with Crippen molar-refractivity contribution in [2.75, 3.05) is 17.6 Å². The highest BCUT2D eigenvalue weighted by Gasteiger charge is 2.09. The number of thioether (sulfide) groups is 1. The molecule has 26 heavy (non-hydrogen) atoms. The Kier molecular flexibility index (Phi) is 4.79. The summed E-state index contributed by atoms with van der Waals surface area (Å²) < 4.78 is 2.02. The largest absolute Gasteiger partial charge is 0.369 e. The number of hydrogen-bond acceptors (Lipinski definition) is 6. The van der Waals surface area contributed by atoms with Crippen LogP contribution in [0, 0.1) is 0 Å². The van der Waals surface area contributed by atoms with E-state index < -0.39 is 0 Å². The number of imidazole rings is 1. The van der Waals surface area contributed by atoms with Crippen molar-refractivity contribution in [2.24, 2.45) is 7.05 Å². The first kappa shape index (κ1) is 16.5. The molecule has 0 atom stereocenters. The number of nitrogens with one attached hydrogen (secondary N) is 1. The Morgan fingerprint density at radius 1 is 1.08 bits per heavy atom. The Morgan fingerprint density at radius 3 is 2.81 bits per heavy atom. The molecule has 4 rings (SSSR count). The number of hydrogen-bond donors (Lipinski definition) is 1. The van der Waals surface area contributed by atoms with E-state index in [1.807, 2.05) is 60.4 Å². The maximum atomic E-state index is 4.73. The molecule has 0 radical (unpaired) electrons. The lowest BCUT2D eigenvalue weighted by molar-refractivity contribution is 0.790. The number of benzene rings is 1. The summed E-state index contributed by atoms with van der Waals surface area (Å²) in [5.41, 5.74) is 1.82. The average Bonchev–Trinajstić information content (AvgIpc) is 3.10. The second kappa shape index (κ2) is 7.53. The van der Waals surface area contributed by atoms with Gasteiger partial charge in [-0.2, -0.15) is 0 Å². The smallest absolute Gasteiger partial charge is 0.167 e. The molecule has 1 aromatic carbocycles. The highest BCUT2D eigenvalue weighted by atomic mass is 32.2. The molecule has 0 bridgehead atoms. The van der Waals surface area contributed by atoms with Crippen LogP contribution in [-0.4, -0.2) is 36.8 Å². The number of aryl methyl sites for hydroxylation is 1. The summed E-state index contributed by atoms with van der Waals surface area (Å²) in [4.78, 5) is 17.9. The Bertz CT molecular complexity index is 1010. The number of rotatable bonds is 6. The van der Waals surface area contributed by atoms with Crippen LogP contribution in [0.1, 0.15) is 0 Å². The van der Waals surface area contributed by atoms with E-state index in [0.717, 1.165) is 39.7 Å². The normalized spacial score (nSPS) is 11.0. The molecule has 1 N–H and O–H groups in total. The van der Waals surface area contributed by atoms with E-state index in [9.17, 15) is 0 Å². The van der Waals surface area contributed by atoms with Gasteiger partial charge in [0.1, 0.15) is 5.82 Å². The van der Waals surface area contributed by atoms with E-state index in [-0.39, 0.29) is 0 Å². The minimum absolute atomic E-state index is 0.677. The van der Waals surface area contributed by atoms with Gasteiger partial charge in [0.2, 0.25) is 0 Å². The number of pyridine rings is 1. The van der Waals surface area contributed by atoms with E-state index in [2.05, 4.69) is 20.3 Å². The van der Waals surface area contributed by atoms with Gasteiger partial charge in [0.25, 0.3) is 0 Å². The van der Waals surface area contributed by atoms with Gasteiger partial charge in [0.05, 0.1) is 5.52 Å². The van der Waals surface area contributed by atoms with Gasteiger partial charge in [-0.1, -0.05) is 23.9 Å². The maximum Gasteiger partial charge on any atom is 0.167 e. The molecule has 3 aromatic heterocycles. The lowest BCUT2D eigenvalue weighted by Crippen LogP contribution is -2.08. The summed E-state index contributed by atoms with van der Waals surface area (Å²) in [6.07, 6.45) is 7.30. The predicted molar refractivity (Wildman–Crippen MR) is 105 cm³/mol. The fourth-order valence-corrected chi connectivity index (χ4v) is 3.42. The van der Waals surface area contributed by atoms with Gasteiger partial charge in [-0.3, -0.25) is 4.98 Å². The van der Waals surface area contributed by atoms with Crippen LogP contribution in [0.15, 0.2) is 66.3 Å². The van der Waals surface area contributed by atoms with Gasteiger partial charge < -0.3 is 9.88 Å². The average molecular weight is 362 g/mol. The lowest BCUT2D eigenvalue weighted by Gasteiger charge is -2.11. The molecular formula is C19H18N6S. The van der Waals surface area contributed by atoms with E-state index in [0.29, 0.717) is 5.82 Å². The third-order valence-corrected chi connectivity index (χ3v) is 4.99. The summed E-state index contributed by atoms with van der Waals surface area (Å²) in [5.74, 6) is 2.41. The lowest BCUT2D eigenvalue weighted by atomic mass is 10.2. The van der Waals surface area contributed by atoms with Crippen LogP contribution in [-0.2, 0) is 7.05 Å². The molecule has 0 amide bonds. The second-order valence-electron chi connectivity index (χ2n) is 5.75. The first-order valence-corrected chi connectivity index (χ1v) is 9.31. The number of nitrogens with zero attached hydrogens (tertiary/aromatic N) is 5. The van der Waals surface area contributed by atoms with Crippen LogP contribution in [0.25, 0.3) is 22.3 Å². The highest BCUT2D eigenvalue weighted by molar-refractivity contribution is 7.99. The number of anilines is 1. The van der Waals surface area contributed by atoms with E-state index in [4.69, 9.17) is 4.98 Å². The summed E-state index contributed by atoms with van der Waals surface area (Å²) in [6, 6.07) is 11.9. The van der Waals surface area contributed by atoms with Crippen molar-refractivity contribution in [3.05, 3.63) is 61.2 Å². The van der Waals surface area contributed by atoms with Crippen molar-refractivity contribution in [1.82, 2.24) is 24.5 Å². The van der Waals surface area contributed by atoms with Crippen LogP contribution >= 0.6 is 11.8 Å². The van der Waals surface area contributed by atoms with E-state index >= 15 is 0 Å². The second-order valence-corrected chi connectivity index (χ2v) is 6.81. The standard InChI is InChI=1S/C19H18N6S/c1-25-11-9-22-19(25)26-12-10-21-18-15-6-2-3-7-16(15)23-17(24-18)14-5-4-8-20-13-14/h2-9,11,13H,10,12H2,1H3,(H,21,23,24). The first-order chi connectivity index (χ1) is 12.8. The van der Waals surface area contributed by atoms with E-state index in [1.54, 1.807) is 24.2 Å². The highest BCUT2D eigenvalue weighted by Crippen LogP contribution is 2.24. The quantitative estimate of drug-likeness (QED) is 0.417. The Hall–Kier alpha value is -2.93. The third kappa shape index (κ3) is 3.52. The zero-order valence-corrected chi connectivity index (χ0v) is 15.1. The third-order valence-electron chi connectivity index (χ3n) is 3.93. The molecule has 3 heterocycles. The zero-order chi connectivity index (χ0) is 17.8. The SMILES string of the molecule is Cn1ccnc1SCCNc1nc(-c2cccnc2)nc2ccccc12. The minimum Gasteiger partial charge on any atom is -0.369 e. The van der Waals surface area contributed by atoms with Crippen molar-refractivity contribution < 1.29 is 0 Å². The van der Waals surface area contributed by atoms with Crippen LogP contribution in [0.5, 0.6) is 0 Å². The van der Waals surface area contributed by atoms with Crippen molar-refractivity contribution in [2.45, 2.75) is 5.16 Å².